The van der Waals surface area contributed by atoms with Crippen LogP contribution in [0.15, 0.2) is 47.8 Å². The Morgan fingerprint density at radius 1 is 1.22 bits per heavy atom. The van der Waals surface area contributed by atoms with E-state index in [1.165, 1.54) is 4.88 Å². The van der Waals surface area contributed by atoms with Crippen LogP contribution in [0.2, 0.25) is 0 Å². The topological polar surface area (TPSA) is 61.4 Å². The maximum absolute atomic E-state index is 12.1. The first-order valence-corrected chi connectivity index (χ1v) is 8.79. The molecule has 5 heteroatoms. The maximum Gasteiger partial charge on any atom is 0.315 e. The zero-order valence-electron chi connectivity index (χ0n) is 13.4. The van der Waals surface area contributed by atoms with Gasteiger partial charge in [-0.15, -0.1) is 11.3 Å². The van der Waals surface area contributed by atoms with Gasteiger partial charge in [0.25, 0.3) is 0 Å². The summed E-state index contributed by atoms with van der Waals surface area (Å²) in [5, 5.41) is 17.1. The molecule has 0 fully saturated rings. The van der Waals surface area contributed by atoms with Gasteiger partial charge < -0.3 is 15.7 Å². The summed E-state index contributed by atoms with van der Waals surface area (Å²) in [7, 11) is 0. The van der Waals surface area contributed by atoms with E-state index in [2.05, 4.69) is 29.0 Å². The number of urea groups is 1. The molecule has 2 amide bonds. The zero-order chi connectivity index (χ0) is 16.5. The van der Waals surface area contributed by atoms with Crippen LogP contribution in [0, 0.1) is 5.92 Å². The standard InChI is InChI=1S/C18H24N2O2S/c1-14(12-16-8-5-11-23-16)13-19-18(22)20-17(9-10-21)15-6-3-2-4-7-15/h2-8,11,14,17,21H,9-10,12-13H2,1H3,(H2,19,20,22)/t14?,17-/m1/s1. The lowest BCUT2D eigenvalue weighted by atomic mass is 10.0. The Balaban J connectivity index is 1.80. The van der Waals surface area contributed by atoms with Gasteiger partial charge >= 0.3 is 6.03 Å². The van der Waals surface area contributed by atoms with Crippen molar-refractivity contribution in [2.45, 2.75) is 25.8 Å². The van der Waals surface area contributed by atoms with Crippen LogP contribution in [0.5, 0.6) is 0 Å². The highest BCUT2D eigenvalue weighted by Crippen LogP contribution is 2.16. The minimum Gasteiger partial charge on any atom is -0.396 e. The Morgan fingerprint density at radius 3 is 2.65 bits per heavy atom. The molecule has 2 atom stereocenters. The Morgan fingerprint density at radius 2 is 2.00 bits per heavy atom. The van der Waals surface area contributed by atoms with Crippen molar-refractivity contribution in [1.82, 2.24) is 10.6 Å². The van der Waals surface area contributed by atoms with Gasteiger partial charge in [0.15, 0.2) is 0 Å². The molecule has 4 nitrogen and oxygen atoms in total. The van der Waals surface area contributed by atoms with E-state index >= 15 is 0 Å². The second kappa shape index (κ2) is 9.33. The number of thiophene rings is 1. The number of rotatable bonds is 8. The average molecular weight is 332 g/mol. The summed E-state index contributed by atoms with van der Waals surface area (Å²) in [6.45, 7) is 2.79. The molecule has 1 aromatic carbocycles. The van der Waals surface area contributed by atoms with E-state index in [9.17, 15) is 9.90 Å². The molecule has 2 aromatic rings. The fourth-order valence-corrected chi connectivity index (χ4v) is 3.33. The van der Waals surface area contributed by atoms with Gasteiger partial charge in [0.2, 0.25) is 0 Å². The van der Waals surface area contributed by atoms with E-state index in [-0.39, 0.29) is 18.7 Å². The molecule has 0 bridgehead atoms. The molecule has 0 radical (unpaired) electrons. The van der Waals surface area contributed by atoms with Crippen molar-refractivity contribution in [3.8, 4) is 0 Å². The minimum absolute atomic E-state index is 0.0363. The normalized spacial score (nSPS) is 13.3. The predicted molar refractivity (Wildman–Crippen MR) is 94.6 cm³/mol. The third-order valence-corrected chi connectivity index (χ3v) is 4.56. The number of hydrogen-bond acceptors (Lipinski definition) is 3. The number of aliphatic hydroxyl groups excluding tert-OH is 1. The van der Waals surface area contributed by atoms with E-state index in [4.69, 9.17) is 0 Å². The van der Waals surface area contributed by atoms with Gasteiger partial charge in [-0.2, -0.15) is 0 Å². The summed E-state index contributed by atoms with van der Waals surface area (Å²) in [5.41, 5.74) is 1.00. The van der Waals surface area contributed by atoms with Crippen molar-refractivity contribution in [1.29, 1.82) is 0 Å². The van der Waals surface area contributed by atoms with Crippen LogP contribution in [-0.2, 0) is 6.42 Å². The van der Waals surface area contributed by atoms with E-state index in [0.717, 1.165) is 12.0 Å². The monoisotopic (exact) mass is 332 g/mol. The molecule has 0 aliphatic heterocycles. The second-order valence-corrected chi connectivity index (χ2v) is 6.75. The maximum atomic E-state index is 12.1. The first-order valence-electron chi connectivity index (χ1n) is 7.91. The number of benzene rings is 1. The Labute approximate surface area is 141 Å². The molecule has 1 aromatic heterocycles. The van der Waals surface area contributed by atoms with Gasteiger partial charge in [0.1, 0.15) is 0 Å². The summed E-state index contributed by atoms with van der Waals surface area (Å²) in [5.74, 6) is 0.382. The SMILES string of the molecule is CC(CNC(=O)N[C@H](CCO)c1ccccc1)Cc1cccs1. The molecule has 1 unspecified atom stereocenters. The van der Waals surface area contributed by atoms with Gasteiger partial charge in [0.05, 0.1) is 6.04 Å². The van der Waals surface area contributed by atoms with Gasteiger partial charge in [-0.3, -0.25) is 0 Å². The molecular formula is C18H24N2O2S. The van der Waals surface area contributed by atoms with Crippen LogP contribution < -0.4 is 10.6 Å². The first-order chi connectivity index (χ1) is 11.2. The molecule has 0 saturated carbocycles. The summed E-state index contributed by atoms with van der Waals surface area (Å²) in [6.07, 6.45) is 1.47. The van der Waals surface area contributed by atoms with Crippen molar-refractivity contribution in [3.63, 3.8) is 0 Å². The Kier molecular flexibility index (Phi) is 7.10. The summed E-state index contributed by atoms with van der Waals surface area (Å²) in [6, 6.07) is 13.5. The average Bonchev–Trinajstić information content (AvgIpc) is 3.06. The second-order valence-electron chi connectivity index (χ2n) is 5.72. The van der Waals surface area contributed by atoms with Crippen molar-refractivity contribution in [3.05, 3.63) is 58.3 Å². The molecule has 0 aliphatic carbocycles. The molecule has 0 spiro atoms. The smallest absolute Gasteiger partial charge is 0.315 e. The van der Waals surface area contributed by atoms with E-state index < -0.39 is 0 Å². The molecule has 2 rings (SSSR count). The lowest BCUT2D eigenvalue weighted by Gasteiger charge is -2.19. The molecule has 124 valence electrons. The number of carbonyl (C=O) groups is 1. The van der Waals surface area contributed by atoms with Gasteiger partial charge in [-0.1, -0.05) is 43.3 Å². The molecule has 23 heavy (non-hydrogen) atoms. The highest BCUT2D eigenvalue weighted by atomic mass is 32.1. The molecule has 3 N–H and O–H groups in total. The van der Waals surface area contributed by atoms with Gasteiger partial charge in [-0.25, -0.2) is 4.79 Å². The predicted octanol–water partition coefficient (Wildman–Crippen LogP) is 3.35. The quantitative estimate of drug-likeness (QED) is 0.694. The van der Waals surface area contributed by atoms with Crippen LogP contribution in [0.3, 0.4) is 0 Å². The highest BCUT2D eigenvalue weighted by molar-refractivity contribution is 7.09. The zero-order valence-corrected chi connectivity index (χ0v) is 14.2. The fourth-order valence-electron chi connectivity index (χ4n) is 2.46. The summed E-state index contributed by atoms with van der Waals surface area (Å²) in [4.78, 5) is 13.4. The van der Waals surface area contributed by atoms with E-state index in [0.29, 0.717) is 18.9 Å². The highest BCUT2D eigenvalue weighted by Gasteiger charge is 2.14. The lowest BCUT2D eigenvalue weighted by molar-refractivity contribution is 0.228. The number of amides is 2. The minimum atomic E-state index is -0.190. The van der Waals surface area contributed by atoms with Gasteiger partial charge in [0, 0.05) is 18.0 Å². The van der Waals surface area contributed by atoms with Crippen molar-refractivity contribution < 1.29 is 9.90 Å². The third kappa shape index (κ3) is 6.04. The number of carbonyl (C=O) groups excluding carboxylic acids is 1. The van der Waals surface area contributed by atoms with E-state index in [1.54, 1.807) is 11.3 Å². The van der Waals surface area contributed by atoms with Crippen LogP contribution in [0.25, 0.3) is 0 Å². The number of aliphatic hydroxyl groups is 1. The van der Waals surface area contributed by atoms with E-state index in [1.807, 2.05) is 36.4 Å². The van der Waals surface area contributed by atoms with Crippen molar-refractivity contribution >= 4 is 17.4 Å². The number of nitrogens with one attached hydrogen (secondary N) is 2. The van der Waals surface area contributed by atoms with Crippen molar-refractivity contribution in [2.24, 2.45) is 5.92 Å². The largest absolute Gasteiger partial charge is 0.396 e. The molecular weight excluding hydrogens is 308 g/mol. The lowest BCUT2D eigenvalue weighted by Crippen LogP contribution is -2.40. The molecule has 0 aliphatic rings. The molecule has 1 heterocycles. The summed E-state index contributed by atoms with van der Waals surface area (Å²) >= 11 is 1.74. The van der Waals surface area contributed by atoms with Crippen LogP contribution in [0.1, 0.15) is 29.8 Å². The van der Waals surface area contributed by atoms with Crippen molar-refractivity contribution in [2.75, 3.05) is 13.2 Å². The third-order valence-electron chi connectivity index (χ3n) is 3.67. The first kappa shape index (κ1) is 17.5. The summed E-state index contributed by atoms with van der Waals surface area (Å²) < 4.78 is 0. The van der Waals surface area contributed by atoms with Gasteiger partial charge in [-0.05, 0) is 35.8 Å². The van der Waals surface area contributed by atoms with Crippen LogP contribution in [-0.4, -0.2) is 24.3 Å². The van der Waals surface area contributed by atoms with Crippen LogP contribution >= 0.6 is 11.3 Å². The molecule has 0 saturated heterocycles. The van der Waals surface area contributed by atoms with Crippen LogP contribution in [0.4, 0.5) is 4.79 Å². The Hall–Kier alpha value is -1.85. The number of hydrogen-bond donors (Lipinski definition) is 3. The fraction of sp³-hybridized carbons (Fsp3) is 0.389. The Bertz CT molecular complexity index is 572.